The Hall–Kier alpha value is 0.640. The van der Waals surface area contributed by atoms with Gasteiger partial charge < -0.3 is 8.17 Å². The van der Waals surface area contributed by atoms with Crippen LogP contribution in [0.1, 0.15) is 23.6 Å². The number of carbonyl (C=O) groups excluding carboxylic acids is 1. The number of hydrogen-bond acceptors (Lipinski definition) is 3. The second-order valence-electron chi connectivity index (χ2n) is 3.23. The van der Waals surface area contributed by atoms with E-state index in [1.54, 1.807) is 13.8 Å². The van der Waals surface area contributed by atoms with Crippen molar-refractivity contribution in [3.8, 4) is 0 Å². The molecule has 0 aliphatic carbocycles. The van der Waals surface area contributed by atoms with Crippen LogP contribution < -0.4 is 5.32 Å². The standard InChI is InChI=1S/C7H15NO4S.Ca.2H/c1-5(2)7(13(10,11)12)4-8-6(3)9;;;/h5,7H,4H2,1-3H3,(H,8,9)(H,10,11,12);;;/q;+2;2*-1. The molecule has 1 unspecified atom stereocenters. The summed E-state index contributed by atoms with van der Waals surface area (Å²) in [6.07, 6.45) is 0. The van der Waals surface area contributed by atoms with Crippen molar-refractivity contribution in [2.75, 3.05) is 6.54 Å². The van der Waals surface area contributed by atoms with E-state index < -0.39 is 15.4 Å². The minimum Gasteiger partial charge on any atom is -1.00 e. The fourth-order valence-corrected chi connectivity index (χ4v) is 1.91. The maximum absolute atomic E-state index is 10.8. The molecule has 0 aliphatic rings. The molecule has 0 radical (unpaired) electrons. The van der Waals surface area contributed by atoms with Gasteiger partial charge in [0.2, 0.25) is 5.91 Å². The molecule has 0 spiro atoms. The molecule has 0 aliphatic heterocycles. The SMILES string of the molecule is CC(=O)NCC(C(C)C)S(=O)(=O)O.[Ca+2].[H-].[H-]. The van der Waals surface area contributed by atoms with Gasteiger partial charge in [0.05, 0.1) is 0 Å². The summed E-state index contributed by atoms with van der Waals surface area (Å²) >= 11 is 0. The predicted molar refractivity (Wildman–Crippen MR) is 56.8 cm³/mol. The summed E-state index contributed by atoms with van der Waals surface area (Å²) in [4.78, 5) is 10.5. The number of amides is 1. The summed E-state index contributed by atoms with van der Waals surface area (Å²) in [6.45, 7) is 4.58. The van der Waals surface area contributed by atoms with Gasteiger partial charge in [0.25, 0.3) is 10.1 Å². The summed E-state index contributed by atoms with van der Waals surface area (Å²) in [5.74, 6) is -0.545. The van der Waals surface area contributed by atoms with E-state index in [0.717, 1.165) is 0 Å². The zero-order valence-corrected chi connectivity index (χ0v) is 11.7. The first-order valence-electron chi connectivity index (χ1n) is 3.96. The number of rotatable bonds is 4. The fourth-order valence-electron chi connectivity index (χ4n) is 0.929. The fraction of sp³-hybridized carbons (Fsp3) is 0.857. The first-order chi connectivity index (χ1) is 5.75. The minimum absolute atomic E-state index is 0. The van der Waals surface area contributed by atoms with Crippen molar-refractivity contribution in [3.05, 3.63) is 0 Å². The molecule has 0 saturated carbocycles. The number of carbonyl (C=O) groups is 1. The minimum atomic E-state index is -4.07. The summed E-state index contributed by atoms with van der Waals surface area (Å²) in [5.41, 5.74) is 0. The van der Waals surface area contributed by atoms with Gasteiger partial charge in [-0.2, -0.15) is 8.42 Å². The van der Waals surface area contributed by atoms with E-state index in [1.165, 1.54) is 6.92 Å². The van der Waals surface area contributed by atoms with Gasteiger partial charge in [-0.15, -0.1) is 0 Å². The van der Waals surface area contributed by atoms with E-state index in [0.29, 0.717) is 0 Å². The average molecular weight is 251 g/mol. The molecule has 82 valence electrons. The zero-order valence-electron chi connectivity index (χ0n) is 10.6. The molecule has 0 heterocycles. The predicted octanol–water partition coefficient (Wildman–Crippen LogP) is -0.121. The molecule has 0 aromatic rings. The Bertz CT molecular complexity index is 284. The van der Waals surface area contributed by atoms with Crippen LogP contribution in [0.25, 0.3) is 0 Å². The van der Waals surface area contributed by atoms with Crippen LogP contribution in [0.4, 0.5) is 0 Å². The van der Waals surface area contributed by atoms with Gasteiger partial charge in [0.1, 0.15) is 5.25 Å². The molecule has 0 bridgehead atoms. The van der Waals surface area contributed by atoms with Crippen LogP contribution in [0.2, 0.25) is 0 Å². The molecule has 1 amide bonds. The molecular formula is C7H17CaNO4S. The van der Waals surface area contributed by atoms with Gasteiger partial charge in [-0.3, -0.25) is 9.35 Å². The molecule has 5 nitrogen and oxygen atoms in total. The van der Waals surface area contributed by atoms with Crippen molar-refractivity contribution in [3.63, 3.8) is 0 Å². The number of nitrogens with one attached hydrogen (secondary N) is 1. The Balaban J connectivity index is -0.000000240. The molecule has 0 rings (SSSR count). The molecule has 0 aromatic carbocycles. The van der Waals surface area contributed by atoms with Crippen molar-refractivity contribution in [1.82, 2.24) is 5.32 Å². The third kappa shape index (κ3) is 7.00. The van der Waals surface area contributed by atoms with Gasteiger partial charge in [0, 0.05) is 13.5 Å². The zero-order chi connectivity index (χ0) is 10.6. The molecule has 7 heteroatoms. The Morgan fingerprint density at radius 2 is 1.93 bits per heavy atom. The van der Waals surface area contributed by atoms with Crippen molar-refractivity contribution >= 4 is 53.8 Å². The van der Waals surface area contributed by atoms with E-state index >= 15 is 0 Å². The van der Waals surface area contributed by atoms with E-state index in [-0.39, 0.29) is 59.0 Å². The first kappa shape index (κ1) is 17.0. The summed E-state index contributed by atoms with van der Waals surface area (Å²) in [6, 6.07) is 0. The van der Waals surface area contributed by atoms with Gasteiger partial charge in [-0.1, -0.05) is 13.8 Å². The summed E-state index contributed by atoms with van der Waals surface area (Å²) < 4.78 is 30.4. The number of hydrogen-bond donors (Lipinski definition) is 2. The Kier molecular flexibility index (Phi) is 8.53. The van der Waals surface area contributed by atoms with E-state index in [2.05, 4.69) is 5.32 Å². The summed E-state index contributed by atoms with van der Waals surface area (Å²) in [5, 5.41) is 1.42. The molecule has 0 fully saturated rings. The van der Waals surface area contributed by atoms with Crippen molar-refractivity contribution in [2.45, 2.75) is 26.0 Å². The Labute approximate surface area is 117 Å². The first-order valence-corrected chi connectivity index (χ1v) is 5.46. The van der Waals surface area contributed by atoms with Crippen LogP contribution in [0.15, 0.2) is 0 Å². The van der Waals surface area contributed by atoms with Crippen LogP contribution in [-0.4, -0.2) is 68.4 Å². The van der Waals surface area contributed by atoms with E-state index in [9.17, 15) is 13.2 Å². The van der Waals surface area contributed by atoms with Gasteiger partial charge >= 0.3 is 37.7 Å². The smallest absolute Gasteiger partial charge is 1.00 e. The Morgan fingerprint density at radius 3 is 2.14 bits per heavy atom. The van der Waals surface area contributed by atoms with Crippen LogP contribution in [0.3, 0.4) is 0 Å². The molecule has 14 heavy (non-hydrogen) atoms. The van der Waals surface area contributed by atoms with Crippen molar-refractivity contribution in [1.29, 1.82) is 0 Å². The molecule has 2 N–H and O–H groups in total. The maximum atomic E-state index is 10.8. The second kappa shape index (κ2) is 7.00. The quantitative estimate of drug-likeness (QED) is 0.539. The Morgan fingerprint density at radius 1 is 1.50 bits per heavy atom. The van der Waals surface area contributed by atoms with Crippen LogP contribution in [0.5, 0.6) is 0 Å². The van der Waals surface area contributed by atoms with Crippen molar-refractivity contribution in [2.24, 2.45) is 5.92 Å². The van der Waals surface area contributed by atoms with Crippen LogP contribution in [-0.2, 0) is 14.9 Å². The monoisotopic (exact) mass is 251 g/mol. The third-order valence-corrected chi connectivity index (χ3v) is 3.15. The maximum Gasteiger partial charge on any atom is 2.00 e. The molecule has 1 atom stereocenters. The third-order valence-electron chi connectivity index (χ3n) is 1.68. The molecule has 0 aromatic heterocycles. The molecule has 0 saturated heterocycles. The molecular weight excluding hydrogens is 234 g/mol. The van der Waals surface area contributed by atoms with Crippen molar-refractivity contribution < 1.29 is 20.6 Å². The second-order valence-corrected chi connectivity index (χ2v) is 4.87. The van der Waals surface area contributed by atoms with Crippen LogP contribution in [0, 0.1) is 5.92 Å². The summed E-state index contributed by atoms with van der Waals surface area (Å²) in [7, 11) is -4.07. The normalized spacial score (nSPS) is 13.2. The van der Waals surface area contributed by atoms with Gasteiger partial charge in [-0.25, -0.2) is 0 Å². The van der Waals surface area contributed by atoms with Gasteiger partial charge in [-0.05, 0) is 5.92 Å². The largest absolute Gasteiger partial charge is 2.00 e. The van der Waals surface area contributed by atoms with Gasteiger partial charge in [0.15, 0.2) is 0 Å². The van der Waals surface area contributed by atoms with Crippen LogP contribution >= 0.6 is 0 Å². The topological polar surface area (TPSA) is 83.5 Å². The average Bonchev–Trinajstić information content (AvgIpc) is 1.81. The van der Waals surface area contributed by atoms with E-state index in [1.807, 2.05) is 0 Å². The van der Waals surface area contributed by atoms with E-state index in [4.69, 9.17) is 4.55 Å².